The summed E-state index contributed by atoms with van der Waals surface area (Å²) in [4.78, 5) is 22.0. The van der Waals surface area contributed by atoms with Crippen molar-refractivity contribution in [2.45, 2.75) is 6.42 Å². The van der Waals surface area contributed by atoms with Gasteiger partial charge in [-0.1, -0.05) is 12.1 Å². The van der Waals surface area contributed by atoms with Gasteiger partial charge in [-0.15, -0.1) is 0 Å². The molecule has 0 radical (unpaired) electrons. The van der Waals surface area contributed by atoms with Crippen LogP contribution in [0.5, 0.6) is 5.75 Å². The van der Waals surface area contributed by atoms with E-state index in [9.17, 15) is 9.59 Å². The summed E-state index contributed by atoms with van der Waals surface area (Å²) in [5.41, 5.74) is 0.498. The fraction of sp³-hybridized carbons (Fsp3) is 0.333. The van der Waals surface area contributed by atoms with Crippen LogP contribution in [0.4, 0.5) is 0 Å². The number of hydrogen-bond acceptors (Lipinski definition) is 4. The van der Waals surface area contributed by atoms with E-state index in [2.05, 4.69) is 5.32 Å². The van der Waals surface area contributed by atoms with Crippen molar-refractivity contribution >= 4 is 11.8 Å². The zero-order valence-electron chi connectivity index (χ0n) is 9.60. The molecule has 0 unspecified atom stereocenters. The second-order valence-corrected chi connectivity index (χ2v) is 3.44. The van der Waals surface area contributed by atoms with Crippen molar-refractivity contribution in [3.63, 3.8) is 0 Å². The van der Waals surface area contributed by atoms with Gasteiger partial charge >= 0.3 is 5.97 Å². The van der Waals surface area contributed by atoms with Crippen molar-refractivity contribution in [1.29, 1.82) is 0 Å². The third kappa shape index (κ3) is 4.24. The number of para-hydroxylation sites is 1. The number of carboxylic acid groups (broad SMARTS) is 1. The van der Waals surface area contributed by atoms with Crippen molar-refractivity contribution in [2.75, 3.05) is 20.2 Å². The molecule has 0 heterocycles. The fourth-order valence-electron chi connectivity index (χ4n) is 1.37. The minimum atomic E-state index is -0.887. The fourth-order valence-corrected chi connectivity index (χ4v) is 1.37. The molecule has 1 rings (SSSR count). The first kappa shape index (κ1) is 13.2. The van der Waals surface area contributed by atoms with Gasteiger partial charge in [0, 0.05) is 6.54 Å². The molecule has 0 fully saturated rings. The first-order valence-corrected chi connectivity index (χ1v) is 5.24. The summed E-state index contributed by atoms with van der Waals surface area (Å²) < 4.78 is 5.07. The number of methoxy groups -OCH3 is 1. The van der Waals surface area contributed by atoms with Gasteiger partial charge in [-0.05, 0) is 12.1 Å². The largest absolute Gasteiger partial charge is 0.496 e. The molecular weight excluding hydrogens is 222 g/mol. The van der Waals surface area contributed by atoms with E-state index in [1.54, 1.807) is 24.3 Å². The first-order chi connectivity index (χ1) is 8.15. The molecule has 92 valence electrons. The summed E-state index contributed by atoms with van der Waals surface area (Å²) in [6.07, 6.45) is -0.000789. The minimum absolute atomic E-state index is 0.000789. The topological polar surface area (TPSA) is 75.6 Å². The van der Waals surface area contributed by atoms with Crippen molar-refractivity contribution in [1.82, 2.24) is 5.32 Å². The Morgan fingerprint density at radius 2 is 2.06 bits per heavy atom. The Labute approximate surface area is 99.4 Å². The highest BCUT2D eigenvalue weighted by molar-refractivity contribution is 6.00. The molecule has 0 aromatic heterocycles. The Balaban J connectivity index is 2.49. The van der Waals surface area contributed by atoms with Gasteiger partial charge < -0.3 is 15.2 Å². The van der Waals surface area contributed by atoms with Crippen molar-refractivity contribution in [2.24, 2.45) is 0 Å². The second-order valence-electron chi connectivity index (χ2n) is 3.44. The van der Waals surface area contributed by atoms with Crippen molar-refractivity contribution in [3.05, 3.63) is 29.8 Å². The molecule has 0 atom stereocenters. The van der Waals surface area contributed by atoms with E-state index >= 15 is 0 Å². The Kier molecular flexibility index (Phi) is 5.16. The maximum absolute atomic E-state index is 11.8. The van der Waals surface area contributed by atoms with E-state index in [0.717, 1.165) is 0 Å². The number of aliphatic carboxylic acids is 1. The minimum Gasteiger partial charge on any atom is -0.496 e. The second kappa shape index (κ2) is 6.65. The molecule has 0 aliphatic heterocycles. The molecule has 1 aromatic carbocycles. The number of carboxylic acids is 1. The first-order valence-electron chi connectivity index (χ1n) is 5.24. The molecule has 5 nitrogen and oxygen atoms in total. The molecule has 0 aliphatic carbocycles. The van der Waals surface area contributed by atoms with Crippen LogP contribution in [0.3, 0.4) is 0 Å². The molecule has 0 aliphatic rings. The average Bonchev–Trinajstić information content (AvgIpc) is 2.34. The highest BCUT2D eigenvalue weighted by atomic mass is 16.5. The van der Waals surface area contributed by atoms with Gasteiger partial charge in [0.05, 0.1) is 25.6 Å². The molecule has 2 N–H and O–H groups in total. The number of Topliss-reactive ketones (excluding diaryl/α,β-unsaturated/α-hetero) is 1. The Morgan fingerprint density at radius 1 is 1.35 bits per heavy atom. The average molecular weight is 237 g/mol. The summed E-state index contributed by atoms with van der Waals surface area (Å²) in [5.74, 6) is -0.479. The number of rotatable bonds is 7. The molecule has 5 heteroatoms. The predicted molar refractivity (Wildman–Crippen MR) is 62.4 cm³/mol. The van der Waals surface area contributed by atoms with E-state index in [0.29, 0.717) is 11.3 Å². The van der Waals surface area contributed by atoms with Crippen LogP contribution in [0.25, 0.3) is 0 Å². The smallest absolute Gasteiger partial charge is 0.304 e. The third-order valence-electron chi connectivity index (χ3n) is 2.21. The zero-order valence-corrected chi connectivity index (χ0v) is 9.60. The van der Waals surface area contributed by atoms with Crippen LogP contribution in [-0.4, -0.2) is 37.1 Å². The summed E-state index contributed by atoms with van der Waals surface area (Å²) in [7, 11) is 1.50. The molecule has 0 spiro atoms. The summed E-state index contributed by atoms with van der Waals surface area (Å²) in [5, 5.41) is 11.2. The SMILES string of the molecule is COc1ccccc1C(=O)CNCCC(=O)O. The van der Waals surface area contributed by atoms with E-state index in [1.807, 2.05) is 0 Å². The Morgan fingerprint density at radius 3 is 2.71 bits per heavy atom. The zero-order chi connectivity index (χ0) is 12.7. The molecule has 0 saturated carbocycles. The van der Waals surface area contributed by atoms with Gasteiger partial charge in [0.15, 0.2) is 5.78 Å². The monoisotopic (exact) mass is 237 g/mol. The van der Waals surface area contributed by atoms with Crippen LogP contribution in [0.15, 0.2) is 24.3 Å². The summed E-state index contributed by atoms with van der Waals surface area (Å²) in [6, 6.07) is 6.94. The van der Waals surface area contributed by atoms with Crippen LogP contribution < -0.4 is 10.1 Å². The van der Waals surface area contributed by atoms with E-state index in [-0.39, 0.29) is 25.3 Å². The van der Waals surface area contributed by atoms with Crippen molar-refractivity contribution in [3.8, 4) is 5.75 Å². The number of hydrogen-bond donors (Lipinski definition) is 2. The maximum Gasteiger partial charge on any atom is 0.304 e. The van der Waals surface area contributed by atoms with E-state index < -0.39 is 5.97 Å². The number of carbonyl (C=O) groups is 2. The van der Waals surface area contributed by atoms with Crippen LogP contribution in [-0.2, 0) is 4.79 Å². The standard InChI is InChI=1S/C12H15NO4/c1-17-11-5-3-2-4-9(11)10(14)8-13-7-6-12(15)16/h2-5,13H,6-8H2,1H3,(H,15,16). The van der Waals surface area contributed by atoms with Crippen LogP contribution in [0.2, 0.25) is 0 Å². The number of benzene rings is 1. The molecule has 0 saturated heterocycles. The summed E-state index contributed by atoms with van der Waals surface area (Å²) in [6.45, 7) is 0.379. The lowest BCUT2D eigenvalue weighted by molar-refractivity contribution is -0.136. The van der Waals surface area contributed by atoms with Gasteiger partial charge in [-0.25, -0.2) is 0 Å². The van der Waals surface area contributed by atoms with Gasteiger partial charge in [0.2, 0.25) is 0 Å². The van der Waals surface area contributed by atoms with Gasteiger partial charge in [0.1, 0.15) is 5.75 Å². The number of carbonyl (C=O) groups excluding carboxylic acids is 1. The van der Waals surface area contributed by atoms with Gasteiger partial charge in [-0.2, -0.15) is 0 Å². The Hall–Kier alpha value is -1.88. The van der Waals surface area contributed by atoms with E-state index in [1.165, 1.54) is 7.11 Å². The number of ether oxygens (including phenoxy) is 1. The molecule has 1 aromatic rings. The normalized spacial score (nSPS) is 9.94. The van der Waals surface area contributed by atoms with Crippen LogP contribution in [0.1, 0.15) is 16.8 Å². The third-order valence-corrected chi connectivity index (χ3v) is 2.21. The van der Waals surface area contributed by atoms with Crippen LogP contribution >= 0.6 is 0 Å². The lowest BCUT2D eigenvalue weighted by Crippen LogP contribution is -2.25. The highest BCUT2D eigenvalue weighted by Gasteiger charge is 2.10. The van der Waals surface area contributed by atoms with Gasteiger partial charge in [-0.3, -0.25) is 9.59 Å². The lowest BCUT2D eigenvalue weighted by atomic mass is 10.1. The number of nitrogens with one attached hydrogen (secondary N) is 1. The maximum atomic E-state index is 11.8. The summed E-state index contributed by atoms with van der Waals surface area (Å²) >= 11 is 0. The quantitative estimate of drug-likeness (QED) is 0.545. The molecular formula is C12H15NO4. The molecule has 0 bridgehead atoms. The molecule has 0 amide bonds. The number of ketones is 1. The van der Waals surface area contributed by atoms with Gasteiger partial charge in [0.25, 0.3) is 0 Å². The molecule has 17 heavy (non-hydrogen) atoms. The van der Waals surface area contributed by atoms with E-state index in [4.69, 9.17) is 9.84 Å². The van der Waals surface area contributed by atoms with Crippen molar-refractivity contribution < 1.29 is 19.4 Å². The predicted octanol–water partition coefficient (Wildman–Crippen LogP) is 0.942. The lowest BCUT2D eigenvalue weighted by Gasteiger charge is -2.07. The van der Waals surface area contributed by atoms with Crippen LogP contribution in [0, 0.1) is 0 Å². The highest BCUT2D eigenvalue weighted by Crippen LogP contribution is 2.17. The Bertz CT molecular complexity index is 403.